The molecular weight excluding hydrogens is 330 g/mol. The van der Waals surface area contributed by atoms with Crippen LogP contribution in [0.5, 0.6) is 0 Å². The lowest BCUT2D eigenvalue weighted by molar-refractivity contribution is -0.150. The summed E-state index contributed by atoms with van der Waals surface area (Å²) < 4.78 is 4.44. The van der Waals surface area contributed by atoms with Crippen LogP contribution in [0, 0.1) is 0 Å². The summed E-state index contributed by atoms with van der Waals surface area (Å²) in [5.74, 6) is -1.53. The average molecular weight is 351 g/mol. The van der Waals surface area contributed by atoms with Gasteiger partial charge in [0.1, 0.15) is 0 Å². The van der Waals surface area contributed by atoms with E-state index in [0.29, 0.717) is 5.82 Å². The van der Waals surface area contributed by atoms with Gasteiger partial charge in [0.25, 0.3) is 0 Å². The van der Waals surface area contributed by atoms with Gasteiger partial charge < -0.3 is 4.74 Å². The maximum Gasteiger partial charge on any atom is 0.396 e. The number of aromatic amines is 1. The van der Waals surface area contributed by atoms with E-state index in [1.165, 1.54) is 5.56 Å². The molecule has 1 heterocycles. The number of aromatic nitrogens is 2. The molecule has 0 unspecified atom stereocenters. The van der Waals surface area contributed by atoms with Crippen molar-refractivity contribution < 1.29 is 14.3 Å². The standard InChI is InChI=1S/C20H21N3O3/c1-20(2,3)13-10-8-12(9-11-13)14-6-5-7-15-16(14)17(23-22-15)21-18(24)19(25)26-4/h5-11H,1-4H3,(H2,21,22,23,24). The first-order chi connectivity index (χ1) is 12.3. The van der Waals surface area contributed by atoms with E-state index >= 15 is 0 Å². The molecule has 6 heteroatoms. The predicted octanol–water partition coefficient (Wildman–Crippen LogP) is 3.64. The van der Waals surface area contributed by atoms with Crippen molar-refractivity contribution in [3.05, 3.63) is 48.0 Å². The van der Waals surface area contributed by atoms with E-state index in [1.807, 2.05) is 30.3 Å². The highest BCUT2D eigenvalue weighted by Gasteiger charge is 2.19. The van der Waals surface area contributed by atoms with Gasteiger partial charge in [0, 0.05) is 0 Å². The van der Waals surface area contributed by atoms with Crippen molar-refractivity contribution in [1.82, 2.24) is 10.2 Å². The molecule has 0 aliphatic heterocycles. The zero-order valence-electron chi connectivity index (χ0n) is 15.2. The van der Waals surface area contributed by atoms with Gasteiger partial charge in [0.05, 0.1) is 18.0 Å². The first-order valence-corrected chi connectivity index (χ1v) is 8.28. The number of fused-ring (bicyclic) bond motifs is 1. The van der Waals surface area contributed by atoms with E-state index in [-0.39, 0.29) is 5.41 Å². The molecule has 0 radical (unpaired) electrons. The zero-order valence-corrected chi connectivity index (χ0v) is 15.2. The van der Waals surface area contributed by atoms with Crippen molar-refractivity contribution in [2.45, 2.75) is 26.2 Å². The number of esters is 1. The maximum atomic E-state index is 11.8. The van der Waals surface area contributed by atoms with Crippen molar-refractivity contribution in [3.63, 3.8) is 0 Å². The van der Waals surface area contributed by atoms with Gasteiger partial charge in [0.15, 0.2) is 5.82 Å². The second kappa shape index (κ2) is 6.63. The first-order valence-electron chi connectivity index (χ1n) is 8.28. The fourth-order valence-corrected chi connectivity index (χ4v) is 2.80. The summed E-state index contributed by atoms with van der Waals surface area (Å²) in [5.41, 5.74) is 3.98. The Bertz CT molecular complexity index is 966. The number of hydrogen-bond acceptors (Lipinski definition) is 4. The summed E-state index contributed by atoms with van der Waals surface area (Å²) >= 11 is 0. The van der Waals surface area contributed by atoms with E-state index in [2.05, 4.69) is 53.2 Å². The second-order valence-electron chi connectivity index (χ2n) is 7.07. The topological polar surface area (TPSA) is 84.1 Å². The Kier molecular flexibility index (Phi) is 4.50. The summed E-state index contributed by atoms with van der Waals surface area (Å²) in [7, 11) is 1.16. The Hall–Kier alpha value is -3.15. The van der Waals surface area contributed by atoms with Crippen LogP contribution in [0.15, 0.2) is 42.5 Å². The second-order valence-corrected chi connectivity index (χ2v) is 7.07. The Morgan fingerprint density at radius 2 is 1.77 bits per heavy atom. The molecule has 0 bridgehead atoms. The first kappa shape index (κ1) is 17.7. The predicted molar refractivity (Wildman–Crippen MR) is 101 cm³/mol. The molecule has 1 aromatic heterocycles. The van der Waals surface area contributed by atoms with Crippen LogP contribution < -0.4 is 5.32 Å². The van der Waals surface area contributed by atoms with Crippen LogP contribution >= 0.6 is 0 Å². The molecule has 0 saturated carbocycles. The van der Waals surface area contributed by atoms with E-state index in [0.717, 1.165) is 29.1 Å². The number of methoxy groups -OCH3 is 1. The SMILES string of the molecule is COC(=O)C(=O)Nc1n[nH]c2cccc(-c3ccc(C(C)(C)C)cc3)c12. The highest BCUT2D eigenvalue weighted by Crippen LogP contribution is 2.33. The van der Waals surface area contributed by atoms with Crippen molar-refractivity contribution in [1.29, 1.82) is 0 Å². The third-order valence-electron chi connectivity index (χ3n) is 4.25. The van der Waals surface area contributed by atoms with Gasteiger partial charge in [-0.2, -0.15) is 5.10 Å². The third kappa shape index (κ3) is 3.31. The minimum absolute atomic E-state index is 0.0693. The minimum atomic E-state index is -0.965. The molecule has 0 spiro atoms. The van der Waals surface area contributed by atoms with Crippen LogP contribution in [0.1, 0.15) is 26.3 Å². The molecule has 0 atom stereocenters. The summed E-state index contributed by atoms with van der Waals surface area (Å²) in [6.07, 6.45) is 0. The van der Waals surface area contributed by atoms with E-state index in [9.17, 15) is 9.59 Å². The van der Waals surface area contributed by atoms with Gasteiger partial charge in [0.2, 0.25) is 0 Å². The molecule has 3 rings (SSSR count). The molecule has 2 N–H and O–H groups in total. The number of anilines is 1. The summed E-state index contributed by atoms with van der Waals surface area (Å²) in [5, 5.41) is 10.3. The fourth-order valence-electron chi connectivity index (χ4n) is 2.80. The molecule has 0 aliphatic rings. The lowest BCUT2D eigenvalue weighted by Gasteiger charge is -2.19. The third-order valence-corrected chi connectivity index (χ3v) is 4.25. The van der Waals surface area contributed by atoms with Crippen LogP contribution in [-0.2, 0) is 19.7 Å². The van der Waals surface area contributed by atoms with Crippen molar-refractivity contribution in [2.75, 3.05) is 12.4 Å². The van der Waals surface area contributed by atoms with Crippen LogP contribution in [-0.4, -0.2) is 29.2 Å². The van der Waals surface area contributed by atoms with Gasteiger partial charge in [-0.25, -0.2) is 4.79 Å². The van der Waals surface area contributed by atoms with E-state index < -0.39 is 11.9 Å². The number of rotatable bonds is 2. The van der Waals surface area contributed by atoms with Gasteiger partial charge >= 0.3 is 11.9 Å². The number of nitrogens with one attached hydrogen (secondary N) is 2. The molecule has 0 fully saturated rings. The number of carbonyl (C=O) groups excluding carboxylic acids is 2. The summed E-state index contributed by atoms with van der Waals surface area (Å²) in [6.45, 7) is 6.50. The molecule has 0 aliphatic carbocycles. The van der Waals surface area contributed by atoms with Gasteiger partial charge in [-0.1, -0.05) is 57.2 Å². The van der Waals surface area contributed by atoms with Crippen LogP contribution in [0.4, 0.5) is 5.82 Å². The van der Waals surface area contributed by atoms with E-state index in [1.54, 1.807) is 0 Å². The molecule has 1 amide bonds. The highest BCUT2D eigenvalue weighted by atomic mass is 16.5. The number of nitrogens with zero attached hydrogens (tertiary/aromatic N) is 1. The number of ether oxygens (including phenoxy) is 1. The number of amides is 1. The Morgan fingerprint density at radius 3 is 2.38 bits per heavy atom. The normalized spacial score (nSPS) is 11.4. The van der Waals surface area contributed by atoms with E-state index in [4.69, 9.17) is 0 Å². The lowest BCUT2D eigenvalue weighted by atomic mass is 9.86. The van der Waals surface area contributed by atoms with Gasteiger partial charge in [-0.05, 0) is 28.2 Å². The fraction of sp³-hybridized carbons (Fsp3) is 0.250. The largest absolute Gasteiger partial charge is 0.462 e. The summed E-state index contributed by atoms with van der Waals surface area (Å²) in [6, 6.07) is 14.0. The van der Waals surface area contributed by atoms with Crippen LogP contribution in [0.25, 0.3) is 22.0 Å². The van der Waals surface area contributed by atoms with Crippen molar-refractivity contribution in [2.24, 2.45) is 0 Å². The minimum Gasteiger partial charge on any atom is -0.462 e. The molecule has 26 heavy (non-hydrogen) atoms. The molecular formula is C20H21N3O3. The molecule has 3 aromatic rings. The molecule has 2 aromatic carbocycles. The number of carbonyl (C=O) groups is 2. The number of H-pyrrole nitrogens is 1. The van der Waals surface area contributed by atoms with Gasteiger partial charge in [-0.15, -0.1) is 0 Å². The molecule has 6 nitrogen and oxygen atoms in total. The maximum absolute atomic E-state index is 11.8. The summed E-state index contributed by atoms with van der Waals surface area (Å²) in [4.78, 5) is 23.2. The van der Waals surface area contributed by atoms with Gasteiger partial charge in [-0.3, -0.25) is 15.2 Å². The van der Waals surface area contributed by atoms with Crippen LogP contribution in [0.2, 0.25) is 0 Å². The average Bonchev–Trinajstić information content (AvgIpc) is 3.03. The Morgan fingerprint density at radius 1 is 1.08 bits per heavy atom. The lowest BCUT2D eigenvalue weighted by Crippen LogP contribution is -2.24. The number of hydrogen-bond donors (Lipinski definition) is 2. The quantitative estimate of drug-likeness (QED) is 0.545. The van der Waals surface area contributed by atoms with Crippen molar-refractivity contribution >= 4 is 28.6 Å². The zero-order chi connectivity index (χ0) is 18.9. The molecule has 134 valence electrons. The van der Waals surface area contributed by atoms with Crippen LogP contribution in [0.3, 0.4) is 0 Å². The Balaban J connectivity index is 2.05. The van der Waals surface area contributed by atoms with Crippen molar-refractivity contribution in [3.8, 4) is 11.1 Å². The monoisotopic (exact) mass is 351 g/mol. The molecule has 0 saturated heterocycles. The number of benzene rings is 2. The highest BCUT2D eigenvalue weighted by molar-refractivity contribution is 6.37. The smallest absolute Gasteiger partial charge is 0.396 e. The Labute approximate surface area is 151 Å².